The number of ether oxygens (including phenoxy) is 2. The van der Waals surface area contributed by atoms with Crippen molar-refractivity contribution in [2.45, 2.75) is 25.8 Å². The smallest absolute Gasteiger partial charge is 0.272 e. The summed E-state index contributed by atoms with van der Waals surface area (Å²) in [7, 11) is 4.95. The predicted molar refractivity (Wildman–Crippen MR) is 95.8 cm³/mol. The SMILES string of the molecule is COc1cc(OC)nc(N2CCC(NC(=O)c3cc(C)n(C)n3)CC2)n1. The van der Waals surface area contributed by atoms with Crippen molar-refractivity contribution in [2.75, 3.05) is 32.2 Å². The van der Waals surface area contributed by atoms with Crippen LogP contribution in [0.3, 0.4) is 0 Å². The minimum atomic E-state index is -0.133. The van der Waals surface area contributed by atoms with E-state index >= 15 is 0 Å². The third kappa shape index (κ3) is 3.87. The lowest BCUT2D eigenvalue weighted by atomic mass is 10.1. The first-order valence-corrected chi connectivity index (χ1v) is 8.53. The fraction of sp³-hybridized carbons (Fsp3) is 0.529. The predicted octanol–water partition coefficient (Wildman–Crippen LogP) is 0.935. The lowest BCUT2D eigenvalue weighted by Crippen LogP contribution is -2.45. The van der Waals surface area contributed by atoms with Crippen molar-refractivity contribution in [3.8, 4) is 11.8 Å². The van der Waals surface area contributed by atoms with Crippen LogP contribution in [-0.2, 0) is 7.05 Å². The van der Waals surface area contributed by atoms with Gasteiger partial charge in [0.15, 0.2) is 0 Å². The van der Waals surface area contributed by atoms with E-state index in [0.717, 1.165) is 31.6 Å². The second-order valence-corrected chi connectivity index (χ2v) is 6.28. The van der Waals surface area contributed by atoms with Crippen LogP contribution >= 0.6 is 0 Å². The fourth-order valence-corrected chi connectivity index (χ4v) is 2.90. The molecule has 140 valence electrons. The molecule has 0 atom stereocenters. The molecule has 1 fully saturated rings. The molecule has 0 radical (unpaired) electrons. The Kier molecular flexibility index (Phi) is 5.24. The molecule has 0 spiro atoms. The number of aryl methyl sites for hydroxylation is 2. The Labute approximate surface area is 152 Å². The van der Waals surface area contributed by atoms with Crippen molar-refractivity contribution in [1.82, 2.24) is 25.1 Å². The number of hydrogen-bond donors (Lipinski definition) is 1. The zero-order valence-electron chi connectivity index (χ0n) is 15.5. The summed E-state index contributed by atoms with van der Waals surface area (Å²) in [6, 6.07) is 3.54. The van der Waals surface area contributed by atoms with E-state index < -0.39 is 0 Å². The maximum Gasteiger partial charge on any atom is 0.272 e. The van der Waals surface area contributed by atoms with Gasteiger partial charge in [0.05, 0.1) is 20.3 Å². The van der Waals surface area contributed by atoms with Gasteiger partial charge in [0.2, 0.25) is 17.7 Å². The molecule has 2 aromatic rings. The molecule has 3 rings (SSSR count). The molecule has 3 heterocycles. The Balaban J connectivity index is 1.60. The highest BCUT2D eigenvalue weighted by Gasteiger charge is 2.24. The summed E-state index contributed by atoms with van der Waals surface area (Å²) in [5.74, 6) is 1.37. The lowest BCUT2D eigenvalue weighted by molar-refractivity contribution is 0.0925. The number of aromatic nitrogens is 4. The summed E-state index contributed by atoms with van der Waals surface area (Å²) in [4.78, 5) is 23.2. The molecule has 0 saturated carbocycles. The number of carbonyl (C=O) groups is 1. The molecule has 1 saturated heterocycles. The van der Waals surface area contributed by atoms with Crippen molar-refractivity contribution in [2.24, 2.45) is 7.05 Å². The first kappa shape index (κ1) is 18.0. The second-order valence-electron chi connectivity index (χ2n) is 6.28. The molecule has 0 bridgehead atoms. The van der Waals surface area contributed by atoms with E-state index in [1.807, 2.05) is 14.0 Å². The topological polar surface area (TPSA) is 94.4 Å². The highest BCUT2D eigenvalue weighted by atomic mass is 16.5. The summed E-state index contributed by atoms with van der Waals surface area (Å²) >= 11 is 0. The van der Waals surface area contributed by atoms with Crippen LogP contribution in [0.2, 0.25) is 0 Å². The van der Waals surface area contributed by atoms with Crippen LogP contribution < -0.4 is 19.7 Å². The van der Waals surface area contributed by atoms with Crippen molar-refractivity contribution in [1.29, 1.82) is 0 Å². The van der Waals surface area contributed by atoms with E-state index in [0.29, 0.717) is 23.4 Å². The van der Waals surface area contributed by atoms with Gasteiger partial charge in [-0.2, -0.15) is 15.1 Å². The zero-order valence-corrected chi connectivity index (χ0v) is 15.5. The van der Waals surface area contributed by atoms with Gasteiger partial charge >= 0.3 is 0 Å². The van der Waals surface area contributed by atoms with Gasteiger partial charge < -0.3 is 19.7 Å². The molecule has 0 aliphatic carbocycles. The number of methoxy groups -OCH3 is 2. The van der Waals surface area contributed by atoms with E-state index in [4.69, 9.17) is 9.47 Å². The monoisotopic (exact) mass is 360 g/mol. The van der Waals surface area contributed by atoms with Crippen LogP contribution in [0.25, 0.3) is 0 Å². The third-order valence-electron chi connectivity index (χ3n) is 4.55. The van der Waals surface area contributed by atoms with E-state index in [1.54, 1.807) is 31.0 Å². The number of anilines is 1. The number of carbonyl (C=O) groups excluding carboxylic acids is 1. The van der Waals surface area contributed by atoms with Gasteiger partial charge in [0, 0.05) is 31.9 Å². The standard InChI is InChI=1S/C17H24N6O3/c1-11-9-13(21-22(11)2)16(24)18-12-5-7-23(8-6-12)17-19-14(25-3)10-15(20-17)26-4/h9-10,12H,5-8H2,1-4H3,(H,18,24). The summed E-state index contributed by atoms with van der Waals surface area (Å²) in [5.41, 5.74) is 1.40. The largest absolute Gasteiger partial charge is 0.481 e. The number of hydrogen-bond acceptors (Lipinski definition) is 7. The molecule has 0 aromatic carbocycles. The highest BCUT2D eigenvalue weighted by molar-refractivity contribution is 5.92. The minimum absolute atomic E-state index is 0.105. The average Bonchev–Trinajstić information content (AvgIpc) is 3.00. The minimum Gasteiger partial charge on any atom is -0.481 e. The number of nitrogens with zero attached hydrogens (tertiary/aromatic N) is 5. The Morgan fingerprint density at radius 1 is 1.15 bits per heavy atom. The van der Waals surface area contributed by atoms with Crippen LogP contribution in [0, 0.1) is 6.92 Å². The molecule has 9 heteroatoms. The average molecular weight is 360 g/mol. The summed E-state index contributed by atoms with van der Waals surface area (Å²) in [5, 5.41) is 7.28. The Bertz CT molecular complexity index is 741. The van der Waals surface area contributed by atoms with E-state index in [-0.39, 0.29) is 11.9 Å². The maximum absolute atomic E-state index is 12.3. The van der Waals surface area contributed by atoms with Crippen molar-refractivity contribution >= 4 is 11.9 Å². The third-order valence-corrected chi connectivity index (χ3v) is 4.55. The molecule has 9 nitrogen and oxygen atoms in total. The summed E-state index contributed by atoms with van der Waals surface area (Å²) < 4.78 is 12.1. The lowest BCUT2D eigenvalue weighted by Gasteiger charge is -2.32. The zero-order chi connectivity index (χ0) is 18.7. The Hall–Kier alpha value is -2.84. The van der Waals surface area contributed by atoms with Gasteiger partial charge in [-0.05, 0) is 25.8 Å². The molecule has 1 aliphatic heterocycles. The molecular formula is C17H24N6O3. The molecule has 1 aliphatic rings. The molecule has 1 N–H and O–H groups in total. The van der Waals surface area contributed by atoms with Crippen LogP contribution in [0.5, 0.6) is 11.8 Å². The van der Waals surface area contributed by atoms with Gasteiger partial charge in [-0.15, -0.1) is 0 Å². The number of rotatable bonds is 5. The first-order chi connectivity index (χ1) is 12.5. The molecular weight excluding hydrogens is 336 g/mol. The Morgan fingerprint density at radius 3 is 2.27 bits per heavy atom. The number of nitrogens with one attached hydrogen (secondary N) is 1. The van der Waals surface area contributed by atoms with Crippen LogP contribution in [0.1, 0.15) is 29.0 Å². The van der Waals surface area contributed by atoms with Gasteiger partial charge in [-0.1, -0.05) is 0 Å². The van der Waals surface area contributed by atoms with Gasteiger partial charge in [-0.3, -0.25) is 9.48 Å². The summed E-state index contributed by atoms with van der Waals surface area (Å²) in [6.45, 7) is 3.40. The quantitative estimate of drug-likeness (QED) is 0.848. The van der Waals surface area contributed by atoms with Gasteiger partial charge in [0.1, 0.15) is 5.69 Å². The van der Waals surface area contributed by atoms with E-state index in [1.165, 1.54) is 0 Å². The summed E-state index contributed by atoms with van der Waals surface area (Å²) in [6.07, 6.45) is 1.61. The second kappa shape index (κ2) is 7.59. The molecule has 2 aromatic heterocycles. The van der Waals surface area contributed by atoms with E-state index in [9.17, 15) is 4.79 Å². The number of piperidine rings is 1. The Morgan fingerprint density at radius 2 is 1.77 bits per heavy atom. The van der Waals surface area contributed by atoms with Crippen LogP contribution in [0.4, 0.5) is 5.95 Å². The van der Waals surface area contributed by atoms with Gasteiger partial charge in [-0.25, -0.2) is 0 Å². The van der Waals surface area contributed by atoms with Crippen LogP contribution in [0.15, 0.2) is 12.1 Å². The van der Waals surface area contributed by atoms with Crippen molar-refractivity contribution in [3.63, 3.8) is 0 Å². The van der Waals surface area contributed by atoms with Crippen LogP contribution in [-0.4, -0.2) is 59.0 Å². The molecule has 1 amide bonds. The van der Waals surface area contributed by atoms with Gasteiger partial charge in [0.25, 0.3) is 5.91 Å². The molecule has 26 heavy (non-hydrogen) atoms. The number of amides is 1. The first-order valence-electron chi connectivity index (χ1n) is 8.53. The fourth-order valence-electron chi connectivity index (χ4n) is 2.90. The maximum atomic E-state index is 12.3. The molecule has 0 unspecified atom stereocenters. The van der Waals surface area contributed by atoms with Crippen molar-refractivity contribution < 1.29 is 14.3 Å². The van der Waals surface area contributed by atoms with Crippen molar-refractivity contribution in [3.05, 3.63) is 23.5 Å². The van der Waals surface area contributed by atoms with E-state index in [2.05, 4.69) is 25.3 Å². The highest BCUT2D eigenvalue weighted by Crippen LogP contribution is 2.23. The normalized spacial score (nSPS) is 15.0.